The van der Waals surface area contributed by atoms with Gasteiger partial charge in [0, 0.05) is 5.88 Å². The van der Waals surface area contributed by atoms with Crippen molar-refractivity contribution in [2.45, 2.75) is 51.4 Å². The second-order valence-corrected chi connectivity index (χ2v) is 3.89. The van der Waals surface area contributed by atoms with Gasteiger partial charge in [-0.1, -0.05) is 38.2 Å². The molecule has 0 rings (SSSR count). The molecule has 14 heavy (non-hydrogen) atoms. The number of hydrogen-bond donors (Lipinski definition) is 0. The lowest BCUT2D eigenvalue weighted by atomic mass is 10.1. The fourth-order valence-corrected chi connectivity index (χ4v) is 1.58. The van der Waals surface area contributed by atoms with E-state index in [1.54, 1.807) is 6.08 Å². The lowest BCUT2D eigenvalue weighted by molar-refractivity contribution is -0.104. The number of unbranched alkanes of at least 4 members (excludes halogenated alkanes) is 7. The Balaban J connectivity index is 2.91. The van der Waals surface area contributed by atoms with E-state index in [1.807, 2.05) is 6.08 Å². The molecule has 2 heteroatoms. The zero-order chi connectivity index (χ0) is 10.5. The van der Waals surface area contributed by atoms with Crippen molar-refractivity contribution in [3.63, 3.8) is 0 Å². The van der Waals surface area contributed by atoms with Crippen molar-refractivity contribution in [2.24, 2.45) is 0 Å². The van der Waals surface area contributed by atoms with E-state index in [4.69, 9.17) is 11.6 Å². The molecule has 0 aliphatic rings. The Hall–Kier alpha value is -0.300. The first kappa shape index (κ1) is 13.7. The van der Waals surface area contributed by atoms with Gasteiger partial charge in [0.15, 0.2) is 0 Å². The molecule has 0 aromatic carbocycles. The second kappa shape index (κ2) is 12.7. The summed E-state index contributed by atoms with van der Waals surface area (Å²) in [5, 5.41) is 0. The summed E-state index contributed by atoms with van der Waals surface area (Å²) in [7, 11) is 0. The molecule has 0 atom stereocenters. The molecule has 0 aliphatic carbocycles. The van der Waals surface area contributed by atoms with E-state index in [1.165, 1.54) is 38.5 Å². The van der Waals surface area contributed by atoms with Crippen LogP contribution < -0.4 is 0 Å². The summed E-state index contributed by atoms with van der Waals surface area (Å²) >= 11 is 5.58. The third-order valence-electron chi connectivity index (χ3n) is 2.22. The van der Waals surface area contributed by atoms with Gasteiger partial charge in [-0.25, -0.2) is 0 Å². The minimum Gasteiger partial charge on any atom is -0.299 e. The Labute approximate surface area is 92.5 Å². The Bertz CT molecular complexity index is 143. The van der Waals surface area contributed by atoms with Crippen molar-refractivity contribution in [3.05, 3.63) is 12.2 Å². The lowest BCUT2D eigenvalue weighted by Gasteiger charge is -1.99. The molecule has 0 aliphatic heterocycles. The normalized spacial score (nSPS) is 10.9. The number of alkyl halides is 1. The third kappa shape index (κ3) is 11.7. The zero-order valence-electron chi connectivity index (χ0n) is 8.88. The number of allylic oxidation sites excluding steroid dienone is 2. The Morgan fingerprint density at radius 1 is 0.857 bits per heavy atom. The van der Waals surface area contributed by atoms with Gasteiger partial charge in [0.05, 0.1) is 0 Å². The van der Waals surface area contributed by atoms with E-state index in [-0.39, 0.29) is 0 Å². The van der Waals surface area contributed by atoms with E-state index < -0.39 is 0 Å². The van der Waals surface area contributed by atoms with E-state index >= 15 is 0 Å². The summed E-state index contributed by atoms with van der Waals surface area (Å²) < 4.78 is 0. The predicted molar refractivity (Wildman–Crippen MR) is 62.9 cm³/mol. The first-order valence-electron chi connectivity index (χ1n) is 5.58. The number of hydrogen-bond acceptors (Lipinski definition) is 1. The van der Waals surface area contributed by atoms with Crippen LogP contribution in [-0.4, -0.2) is 12.2 Å². The smallest absolute Gasteiger partial charge is 0.142 e. The van der Waals surface area contributed by atoms with Crippen LogP contribution in [0.25, 0.3) is 0 Å². The zero-order valence-corrected chi connectivity index (χ0v) is 9.64. The molecule has 0 aromatic heterocycles. The monoisotopic (exact) mass is 216 g/mol. The van der Waals surface area contributed by atoms with Crippen molar-refractivity contribution < 1.29 is 4.79 Å². The van der Waals surface area contributed by atoms with Crippen LogP contribution in [0.15, 0.2) is 12.2 Å². The molecular weight excluding hydrogens is 196 g/mol. The average Bonchev–Trinajstić information content (AvgIpc) is 2.21. The van der Waals surface area contributed by atoms with Crippen molar-refractivity contribution >= 4 is 17.9 Å². The number of carbonyl (C=O) groups excluding carboxylic acids is 1. The van der Waals surface area contributed by atoms with E-state index in [2.05, 4.69) is 0 Å². The van der Waals surface area contributed by atoms with Gasteiger partial charge < -0.3 is 0 Å². The van der Waals surface area contributed by atoms with Crippen molar-refractivity contribution in [3.8, 4) is 0 Å². The third-order valence-corrected chi connectivity index (χ3v) is 2.49. The maximum Gasteiger partial charge on any atom is 0.142 e. The van der Waals surface area contributed by atoms with Crippen LogP contribution in [0.4, 0.5) is 0 Å². The molecule has 0 radical (unpaired) electrons. The van der Waals surface area contributed by atoms with Gasteiger partial charge in [0.2, 0.25) is 0 Å². The van der Waals surface area contributed by atoms with Crippen molar-refractivity contribution in [1.82, 2.24) is 0 Å². The van der Waals surface area contributed by atoms with Crippen LogP contribution in [-0.2, 0) is 4.79 Å². The van der Waals surface area contributed by atoms with Gasteiger partial charge in [0.25, 0.3) is 0 Å². The molecule has 0 fully saturated rings. The highest BCUT2D eigenvalue weighted by molar-refractivity contribution is 6.17. The molecule has 0 aromatic rings. The van der Waals surface area contributed by atoms with Gasteiger partial charge in [-0.3, -0.25) is 4.79 Å². The predicted octanol–water partition coefficient (Wildman–Crippen LogP) is 4.10. The molecule has 0 amide bonds. The van der Waals surface area contributed by atoms with Crippen LogP contribution >= 0.6 is 11.6 Å². The molecule has 0 N–H and O–H groups in total. The molecule has 1 nitrogen and oxygen atoms in total. The van der Waals surface area contributed by atoms with Crippen LogP contribution in [0, 0.1) is 0 Å². The van der Waals surface area contributed by atoms with E-state index in [9.17, 15) is 4.79 Å². The molecule has 0 heterocycles. The number of aldehydes is 1. The minimum atomic E-state index is 0.802. The molecule has 0 saturated heterocycles. The van der Waals surface area contributed by atoms with Gasteiger partial charge in [0.1, 0.15) is 6.29 Å². The highest BCUT2D eigenvalue weighted by Gasteiger charge is 1.90. The van der Waals surface area contributed by atoms with Gasteiger partial charge in [-0.15, -0.1) is 11.6 Å². The first-order chi connectivity index (χ1) is 6.91. The van der Waals surface area contributed by atoms with Gasteiger partial charge in [-0.2, -0.15) is 0 Å². The first-order valence-corrected chi connectivity index (χ1v) is 6.11. The Morgan fingerprint density at radius 2 is 1.43 bits per heavy atom. The summed E-state index contributed by atoms with van der Waals surface area (Å²) in [6, 6.07) is 0. The number of carbonyl (C=O) groups is 1. The Morgan fingerprint density at radius 3 is 2.00 bits per heavy atom. The van der Waals surface area contributed by atoms with E-state index in [0.29, 0.717) is 0 Å². The van der Waals surface area contributed by atoms with Crippen LogP contribution in [0.5, 0.6) is 0 Å². The largest absolute Gasteiger partial charge is 0.299 e. The highest BCUT2D eigenvalue weighted by atomic mass is 35.5. The number of rotatable bonds is 10. The van der Waals surface area contributed by atoms with Crippen LogP contribution in [0.1, 0.15) is 51.4 Å². The summed E-state index contributed by atoms with van der Waals surface area (Å²) in [4.78, 5) is 9.94. The molecule has 0 bridgehead atoms. The maximum absolute atomic E-state index is 9.94. The minimum absolute atomic E-state index is 0.802. The maximum atomic E-state index is 9.94. The second-order valence-electron chi connectivity index (χ2n) is 3.52. The van der Waals surface area contributed by atoms with Gasteiger partial charge in [-0.05, 0) is 25.3 Å². The standard InChI is InChI=1S/C12H21ClO/c13-11-9-7-5-3-1-2-4-6-8-10-12-14/h8,10,12H,1-7,9,11H2. The fourth-order valence-electron chi connectivity index (χ4n) is 1.39. The summed E-state index contributed by atoms with van der Waals surface area (Å²) in [5.41, 5.74) is 0. The molecule has 0 spiro atoms. The SMILES string of the molecule is O=CC=CCCCCCCCCCCl. The quantitative estimate of drug-likeness (QED) is 0.233. The highest BCUT2D eigenvalue weighted by Crippen LogP contribution is 2.08. The van der Waals surface area contributed by atoms with Crippen LogP contribution in [0.3, 0.4) is 0 Å². The lowest BCUT2D eigenvalue weighted by Crippen LogP contribution is -1.81. The molecule has 0 saturated carbocycles. The van der Waals surface area contributed by atoms with Crippen LogP contribution in [0.2, 0.25) is 0 Å². The van der Waals surface area contributed by atoms with Crippen molar-refractivity contribution in [2.75, 3.05) is 5.88 Å². The van der Waals surface area contributed by atoms with E-state index in [0.717, 1.165) is 25.0 Å². The average molecular weight is 217 g/mol. The fraction of sp³-hybridized carbons (Fsp3) is 0.750. The molecule has 82 valence electrons. The summed E-state index contributed by atoms with van der Waals surface area (Å²) in [6.45, 7) is 0. The summed E-state index contributed by atoms with van der Waals surface area (Å²) in [6.07, 6.45) is 14.3. The number of halogens is 1. The van der Waals surface area contributed by atoms with Crippen molar-refractivity contribution in [1.29, 1.82) is 0 Å². The molecular formula is C12H21ClO. The van der Waals surface area contributed by atoms with Gasteiger partial charge >= 0.3 is 0 Å². The topological polar surface area (TPSA) is 17.1 Å². The Kier molecular flexibility index (Phi) is 12.4. The summed E-state index contributed by atoms with van der Waals surface area (Å²) in [5.74, 6) is 0.802. The molecule has 0 unspecified atom stereocenters.